The molecule has 15 heavy (non-hydrogen) atoms. The van der Waals surface area contributed by atoms with E-state index in [2.05, 4.69) is 13.2 Å². The van der Waals surface area contributed by atoms with E-state index in [0.29, 0.717) is 10.8 Å². The zero-order valence-corrected chi connectivity index (χ0v) is 13.2. The Morgan fingerprint density at radius 2 is 1.33 bits per heavy atom. The minimum atomic E-state index is -3.58. The molecule has 0 fully saturated rings. The van der Waals surface area contributed by atoms with Crippen molar-refractivity contribution in [2.75, 3.05) is 11.5 Å². The summed E-state index contributed by atoms with van der Waals surface area (Å²) in [5.74, 6) is -1.30. The molecule has 84 valence electrons. The van der Waals surface area contributed by atoms with Gasteiger partial charge in [0.15, 0.2) is 19.7 Å². The Kier molecular flexibility index (Phi) is 8.97. The predicted molar refractivity (Wildman–Crippen MR) is 55.1 cm³/mol. The zero-order valence-electron chi connectivity index (χ0n) is 9.46. The van der Waals surface area contributed by atoms with Gasteiger partial charge in [0.1, 0.15) is 0 Å². The summed E-state index contributed by atoms with van der Waals surface area (Å²) in [6.07, 6.45) is -1.46. The third-order valence-corrected chi connectivity index (χ3v) is 4.07. The minimum Gasteiger partial charge on any atom is -1.00 e. The van der Waals surface area contributed by atoms with Gasteiger partial charge in [-0.05, 0) is 0 Å². The Labute approximate surface area is 134 Å². The number of hydrogen-bond donors (Lipinski definition) is 1. The van der Waals surface area contributed by atoms with Crippen LogP contribution in [0.25, 0.3) is 0 Å². The third kappa shape index (κ3) is 8.75. The molecule has 0 bridgehead atoms. The average Bonchev–Trinajstić information content (AvgIpc) is 2.02. The summed E-state index contributed by atoms with van der Waals surface area (Å²) in [5, 5.41) is 10.5. The average molecular weight is 280 g/mol. The van der Waals surface area contributed by atoms with Crippen molar-refractivity contribution < 1.29 is 74.8 Å². The topological polar surface area (TPSA) is 88.5 Å². The first-order chi connectivity index (χ1) is 6.22. The van der Waals surface area contributed by atoms with E-state index in [-0.39, 0.29) is 52.8 Å². The molecule has 0 rings (SSSR count). The molecule has 0 aliphatic rings. The normalized spacial score (nSPS) is 11.9. The van der Waals surface area contributed by atoms with Crippen molar-refractivity contribution in [1.82, 2.24) is 0 Å². The summed E-state index contributed by atoms with van der Waals surface area (Å²) in [6.45, 7) is 6.07. The Balaban J connectivity index is -0.000000845. The van der Waals surface area contributed by atoms with Crippen LogP contribution in [0.15, 0.2) is 24.0 Å². The van der Waals surface area contributed by atoms with Gasteiger partial charge in [-0.15, -0.1) is 0 Å². The van der Waals surface area contributed by atoms with E-state index >= 15 is 0 Å². The molecule has 0 heterocycles. The fraction of sp³-hybridized carbons (Fsp3) is 0.429. The van der Waals surface area contributed by atoms with Crippen LogP contribution in [0.5, 0.6) is 0 Å². The predicted octanol–water partition coefficient (Wildman–Crippen LogP) is -3.42. The number of aliphatic hydroxyl groups is 1. The molecule has 0 saturated heterocycles. The van der Waals surface area contributed by atoms with Gasteiger partial charge in [-0.3, -0.25) is 0 Å². The second-order valence-electron chi connectivity index (χ2n) is 2.65. The van der Waals surface area contributed by atoms with E-state index < -0.39 is 37.3 Å². The van der Waals surface area contributed by atoms with Crippen LogP contribution in [0.1, 0.15) is 1.43 Å². The number of aliphatic hydroxyl groups excluding tert-OH is 1. The maximum atomic E-state index is 10.9. The quantitative estimate of drug-likeness (QED) is 0.512. The number of rotatable bonds is 6. The van der Waals surface area contributed by atoms with E-state index in [1.54, 1.807) is 0 Å². The smallest absolute Gasteiger partial charge is 1.00 e. The fourth-order valence-electron chi connectivity index (χ4n) is 0.721. The van der Waals surface area contributed by atoms with Crippen LogP contribution in [-0.4, -0.2) is 39.6 Å². The van der Waals surface area contributed by atoms with Crippen molar-refractivity contribution in [2.45, 2.75) is 6.10 Å². The zero-order chi connectivity index (χ0) is 11.4. The van der Waals surface area contributed by atoms with Crippen LogP contribution in [-0.2, 0) is 19.7 Å². The monoisotopic (exact) mass is 280 g/mol. The summed E-state index contributed by atoms with van der Waals surface area (Å²) in [5.41, 5.74) is 0. The van der Waals surface area contributed by atoms with Crippen molar-refractivity contribution in [1.29, 1.82) is 0 Å². The van der Waals surface area contributed by atoms with Crippen molar-refractivity contribution in [3.8, 4) is 0 Å². The second kappa shape index (κ2) is 7.33. The van der Waals surface area contributed by atoms with Crippen molar-refractivity contribution in [3.05, 3.63) is 24.0 Å². The minimum absolute atomic E-state index is 0. The molecule has 0 unspecified atom stereocenters. The van der Waals surface area contributed by atoms with Gasteiger partial charge in [0.2, 0.25) is 0 Å². The molecule has 0 atom stereocenters. The molecule has 0 aliphatic carbocycles. The maximum Gasteiger partial charge on any atom is 1.00 e. The summed E-state index contributed by atoms with van der Waals surface area (Å²) in [6, 6.07) is 0. The van der Waals surface area contributed by atoms with E-state index in [1.807, 2.05) is 0 Å². The first kappa shape index (κ1) is 18.3. The Hall–Kier alpha value is 0.976. The molecule has 0 spiro atoms. The second-order valence-corrected chi connectivity index (χ2v) is 6.63. The molecular formula is C7H13KO5S2. The summed E-state index contributed by atoms with van der Waals surface area (Å²) < 4.78 is 43.5. The van der Waals surface area contributed by atoms with Crippen molar-refractivity contribution in [2.24, 2.45) is 0 Å². The largest absolute Gasteiger partial charge is 1.00 e. The molecular weight excluding hydrogens is 267 g/mol. The molecule has 0 amide bonds. The first-order valence-electron chi connectivity index (χ1n) is 3.61. The van der Waals surface area contributed by atoms with E-state index in [1.165, 1.54) is 0 Å². The molecule has 0 aromatic carbocycles. The van der Waals surface area contributed by atoms with Crippen LogP contribution >= 0.6 is 0 Å². The summed E-state index contributed by atoms with van der Waals surface area (Å²) in [4.78, 5) is 0. The van der Waals surface area contributed by atoms with E-state index in [0.717, 1.165) is 0 Å². The molecule has 1 N–H and O–H groups in total. The van der Waals surface area contributed by atoms with Crippen LogP contribution in [0.4, 0.5) is 0 Å². The van der Waals surface area contributed by atoms with E-state index in [4.69, 9.17) is 5.11 Å². The van der Waals surface area contributed by atoms with Gasteiger partial charge < -0.3 is 6.53 Å². The maximum absolute atomic E-state index is 10.9. The molecule has 5 nitrogen and oxygen atoms in total. The van der Waals surface area contributed by atoms with E-state index in [9.17, 15) is 16.8 Å². The van der Waals surface area contributed by atoms with Gasteiger partial charge in [0.25, 0.3) is 0 Å². The standard InChI is InChI=1S/C7H12O5S2.K.H/c1-3-13(9,10)5-7(8)6-14(11,12)4-2;;/h3-4,7-8H,1-2,5-6H2;;/q;+1;-1. The summed E-state index contributed by atoms with van der Waals surface area (Å²) in [7, 11) is -7.17. The van der Waals surface area contributed by atoms with Gasteiger partial charge >= 0.3 is 51.4 Å². The van der Waals surface area contributed by atoms with Crippen LogP contribution < -0.4 is 51.4 Å². The molecule has 0 aliphatic heterocycles. The van der Waals surface area contributed by atoms with Gasteiger partial charge in [0.05, 0.1) is 17.6 Å². The van der Waals surface area contributed by atoms with Crippen molar-refractivity contribution in [3.63, 3.8) is 0 Å². The van der Waals surface area contributed by atoms with Gasteiger partial charge in [-0.1, -0.05) is 13.2 Å². The van der Waals surface area contributed by atoms with Crippen LogP contribution in [0, 0.1) is 0 Å². The van der Waals surface area contributed by atoms with Crippen LogP contribution in [0.3, 0.4) is 0 Å². The molecule has 0 aromatic rings. The van der Waals surface area contributed by atoms with Gasteiger partial charge in [0, 0.05) is 10.8 Å². The first-order valence-corrected chi connectivity index (χ1v) is 7.04. The van der Waals surface area contributed by atoms with Gasteiger partial charge in [-0.25, -0.2) is 16.8 Å². The molecule has 0 radical (unpaired) electrons. The van der Waals surface area contributed by atoms with Gasteiger partial charge in [-0.2, -0.15) is 0 Å². The molecule has 8 heteroatoms. The van der Waals surface area contributed by atoms with Crippen LogP contribution in [0.2, 0.25) is 0 Å². The molecule has 0 aromatic heterocycles. The molecule has 0 saturated carbocycles. The number of sulfone groups is 2. The SMILES string of the molecule is C=CS(=O)(=O)CC(O)CS(=O)(=O)C=C.[H-].[K+]. The summed E-state index contributed by atoms with van der Waals surface area (Å²) >= 11 is 0. The van der Waals surface area contributed by atoms with Crippen molar-refractivity contribution >= 4 is 19.7 Å². The Morgan fingerprint density at radius 3 is 1.53 bits per heavy atom. The Morgan fingerprint density at radius 1 is 1.07 bits per heavy atom. The number of hydrogen-bond acceptors (Lipinski definition) is 5. The Bertz CT molecular complexity index is 374. The fourth-order valence-corrected chi connectivity index (χ4v) is 2.45. The third-order valence-electron chi connectivity index (χ3n) is 1.36.